The molecule has 0 bridgehead atoms. The van der Waals surface area contributed by atoms with Crippen LogP contribution in [0.1, 0.15) is 59.3 Å². The maximum Gasteiger partial charge on any atom is 0.194 e. The van der Waals surface area contributed by atoms with E-state index in [4.69, 9.17) is 0 Å². The van der Waals surface area contributed by atoms with Gasteiger partial charge in [0.25, 0.3) is 0 Å². The van der Waals surface area contributed by atoms with Gasteiger partial charge in [-0.3, -0.25) is 4.79 Å². The molecule has 0 aromatic heterocycles. The van der Waals surface area contributed by atoms with Crippen LogP contribution < -0.4 is 0 Å². The van der Waals surface area contributed by atoms with Gasteiger partial charge in [-0.25, -0.2) is 0 Å². The summed E-state index contributed by atoms with van der Waals surface area (Å²) in [5.41, 5.74) is 0.300. The number of hydrogen-bond donors (Lipinski definition) is 4. The first-order chi connectivity index (χ1) is 13.0. The van der Waals surface area contributed by atoms with E-state index in [-0.39, 0.29) is 29.3 Å². The first-order valence-corrected chi connectivity index (χ1v) is 10.6. The van der Waals surface area contributed by atoms with Gasteiger partial charge in [-0.15, -0.1) is 0 Å². The summed E-state index contributed by atoms with van der Waals surface area (Å²) >= 11 is 0. The second kappa shape index (κ2) is 6.24. The standard InChI is InChI=1S/C23H34O5/c1-12-7-15-17-8-13(2)23(28,19(27)11-24)22(17,4)10-18(26)20(15)21(3)6-5-14(25)9-16(12)21/h14-15,17-18,20,24-26,28H,2,5-11H2,1,3-4H3/t14?,15-,17-,18-,20+,21-,22-,23-/m0/s1. The maximum absolute atomic E-state index is 12.6. The Hall–Kier alpha value is -1.01. The summed E-state index contributed by atoms with van der Waals surface area (Å²) in [6, 6.07) is 0. The van der Waals surface area contributed by atoms with Gasteiger partial charge in [-0.1, -0.05) is 31.6 Å². The van der Waals surface area contributed by atoms with Gasteiger partial charge in [0.1, 0.15) is 6.61 Å². The van der Waals surface area contributed by atoms with Crippen LogP contribution in [0, 0.1) is 28.6 Å². The minimum Gasteiger partial charge on any atom is -0.393 e. The second-order valence-corrected chi connectivity index (χ2v) is 10.4. The predicted octanol–water partition coefficient (Wildman–Crippen LogP) is 2.13. The van der Waals surface area contributed by atoms with Gasteiger partial charge in [0, 0.05) is 5.41 Å². The molecule has 5 nitrogen and oxygen atoms in total. The highest BCUT2D eigenvalue weighted by Crippen LogP contribution is 2.68. The van der Waals surface area contributed by atoms with E-state index in [1.165, 1.54) is 11.1 Å². The highest BCUT2D eigenvalue weighted by Gasteiger charge is 2.69. The van der Waals surface area contributed by atoms with Crippen LogP contribution in [0.3, 0.4) is 0 Å². The number of Topliss-reactive ketones (excluding diaryl/α,β-unsaturated/α-hetero) is 1. The van der Waals surface area contributed by atoms with Crippen molar-refractivity contribution in [3.63, 3.8) is 0 Å². The molecule has 0 aliphatic heterocycles. The predicted molar refractivity (Wildman–Crippen MR) is 105 cm³/mol. The van der Waals surface area contributed by atoms with Gasteiger partial charge in [0.15, 0.2) is 11.4 Å². The number of aliphatic hydroxyl groups is 4. The van der Waals surface area contributed by atoms with Crippen molar-refractivity contribution in [2.45, 2.75) is 77.1 Å². The summed E-state index contributed by atoms with van der Waals surface area (Å²) in [7, 11) is 0. The third kappa shape index (κ3) is 2.31. The normalized spacial score (nSPS) is 50.8. The van der Waals surface area contributed by atoms with Gasteiger partial charge in [0.2, 0.25) is 0 Å². The van der Waals surface area contributed by atoms with Gasteiger partial charge in [-0.05, 0) is 74.2 Å². The van der Waals surface area contributed by atoms with Gasteiger partial charge in [-0.2, -0.15) is 0 Å². The lowest BCUT2D eigenvalue weighted by Gasteiger charge is -2.61. The lowest BCUT2D eigenvalue weighted by molar-refractivity contribution is -0.176. The van der Waals surface area contributed by atoms with E-state index in [1.807, 2.05) is 6.92 Å². The molecule has 5 heteroatoms. The minimum atomic E-state index is -1.78. The Balaban J connectivity index is 1.81. The number of fused-ring (bicyclic) bond motifs is 5. The quantitative estimate of drug-likeness (QED) is 0.542. The average Bonchev–Trinajstić information content (AvgIpc) is 2.83. The van der Waals surface area contributed by atoms with Crippen molar-refractivity contribution in [2.75, 3.05) is 6.61 Å². The summed E-state index contributed by atoms with van der Waals surface area (Å²) in [6.07, 6.45) is 3.01. The Morgan fingerprint density at radius 1 is 1.21 bits per heavy atom. The second-order valence-electron chi connectivity index (χ2n) is 10.4. The van der Waals surface area contributed by atoms with E-state index in [0.29, 0.717) is 24.8 Å². The van der Waals surface area contributed by atoms with Crippen LogP contribution in [-0.4, -0.2) is 50.6 Å². The van der Waals surface area contributed by atoms with Crippen LogP contribution in [0.15, 0.2) is 23.3 Å². The van der Waals surface area contributed by atoms with Crippen LogP contribution in [0.2, 0.25) is 0 Å². The largest absolute Gasteiger partial charge is 0.393 e. The van der Waals surface area contributed by atoms with E-state index in [9.17, 15) is 25.2 Å². The maximum atomic E-state index is 12.6. The third-order valence-corrected chi connectivity index (χ3v) is 9.11. The zero-order chi connectivity index (χ0) is 20.6. The van der Waals surface area contributed by atoms with Crippen LogP contribution in [0.25, 0.3) is 0 Å². The molecule has 156 valence electrons. The molecule has 0 aromatic rings. The van der Waals surface area contributed by atoms with Crippen molar-refractivity contribution < 1.29 is 25.2 Å². The zero-order valence-corrected chi connectivity index (χ0v) is 17.2. The SMILES string of the molecule is C=C1C[C@H]2[C@@H]3CC(C)=C4CC(O)CC[C@]4(C)[C@H]3[C@@H](O)C[C@]2(C)[C@@]1(O)C(=O)CO. The van der Waals surface area contributed by atoms with Crippen molar-refractivity contribution in [3.8, 4) is 0 Å². The van der Waals surface area contributed by atoms with Gasteiger partial charge < -0.3 is 20.4 Å². The van der Waals surface area contributed by atoms with Crippen molar-refractivity contribution in [1.82, 2.24) is 0 Å². The number of hydrogen-bond acceptors (Lipinski definition) is 5. The molecule has 4 aliphatic rings. The molecule has 3 fully saturated rings. The van der Waals surface area contributed by atoms with Crippen LogP contribution in [0.5, 0.6) is 0 Å². The fourth-order valence-corrected chi connectivity index (χ4v) is 7.82. The molecule has 0 radical (unpaired) electrons. The Morgan fingerprint density at radius 3 is 2.54 bits per heavy atom. The summed E-state index contributed by atoms with van der Waals surface area (Å²) < 4.78 is 0. The lowest BCUT2D eigenvalue weighted by atomic mass is 9.45. The summed E-state index contributed by atoms with van der Waals surface area (Å²) in [5, 5.41) is 42.5. The number of ketones is 1. The van der Waals surface area contributed by atoms with Crippen molar-refractivity contribution >= 4 is 5.78 Å². The topological polar surface area (TPSA) is 98.0 Å². The van der Waals surface area contributed by atoms with Crippen molar-refractivity contribution in [1.29, 1.82) is 0 Å². The summed E-state index contributed by atoms with van der Waals surface area (Å²) in [5.74, 6) is -0.371. The molecular formula is C23H34O5. The number of rotatable bonds is 2. The molecule has 0 spiro atoms. The van der Waals surface area contributed by atoms with E-state index < -0.39 is 29.5 Å². The molecule has 4 aliphatic carbocycles. The van der Waals surface area contributed by atoms with Crippen LogP contribution in [0.4, 0.5) is 0 Å². The van der Waals surface area contributed by atoms with Crippen LogP contribution >= 0.6 is 0 Å². The molecular weight excluding hydrogens is 356 g/mol. The highest BCUT2D eigenvalue weighted by molar-refractivity contribution is 5.93. The molecule has 1 unspecified atom stereocenters. The number of aliphatic hydroxyl groups excluding tert-OH is 3. The molecule has 8 atom stereocenters. The zero-order valence-electron chi connectivity index (χ0n) is 17.2. The molecule has 0 amide bonds. The Bertz CT molecular complexity index is 756. The van der Waals surface area contributed by atoms with Gasteiger partial charge in [0.05, 0.1) is 12.2 Å². The molecule has 4 rings (SSSR count). The molecule has 3 saturated carbocycles. The fourth-order valence-electron chi connectivity index (χ4n) is 7.82. The summed E-state index contributed by atoms with van der Waals surface area (Å²) in [6.45, 7) is 9.56. The monoisotopic (exact) mass is 390 g/mol. The average molecular weight is 391 g/mol. The Morgan fingerprint density at radius 2 is 1.89 bits per heavy atom. The fraction of sp³-hybridized carbons (Fsp3) is 0.783. The van der Waals surface area contributed by atoms with Gasteiger partial charge >= 0.3 is 0 Å². The number of carbonyl (C=O) groups is 1. The van der Waals surface area contributed by atoms with Crippen LogP contribution in [-0.2, 0) is 4.79 Å². The lowest BCUT2D eigenvalue weighted by Crippen LogP contribution is -2.62. The number of carbonyl (C=O) groups excluding carboxylic acids is 1. The molecule has 0 aromatic carbocycles. The van der Waals surface area contributed by atoms with E-state index in [0.717, 1.165) is 19.3 Å². The highest BCUT2D eigenvalue weighted by atomic mass is 16.3. The smallest absolute Gasteiger partial charge is 0.194 e. The van der Waals surface area contributed by atoms with E-state index in [2.05, 4.69) is 20.4 Å². The number of allylic oxidation sites excluding steroid dienone is 1. The first kappa shape index (κ1) is 20.3. The van der Waals surface area contributed by atoms with E-state index >= 15 is 0 Å². The molecule has 4 N–H and O–H groups in total. The third-order valence-electron chi connectivity index (χ3n) is 9.11. The Labute approximate surface area is 167 Å². The first-order valence-electron chi connectivity index (χ1n) is 10.6. The Kier molecular flexibility index (Phi) is 4.52. The van der Waals surface area contributed by atoms with Crippen molar-refractivity contribution in [2.24, 2.45) is 28.6 Å². The molecule has 28 heavy (non-hydrogen) atoms. The summed E-state index contributed by atoms with van der Waals surface area (Å²) in [4.78, 5) is 12.6. The minimum absolute atomic E-state index is 0.0362. The van der Waals surface area contributed by atoms with E-state index in [1.54, 1.807) is 0 Å². The molecule has 0 heterocycles. The van der Waals surface area contributed by atoms with Crippen molar-refractivity contribution in [3.05, 3.63) is 23.3 Å². The molecule has 0 saturated heterocycles.